The molecule has 0 bridgehead atoms. The third kappa shape index (κ3) is 5.19. The molecular weight excluding hydrogens is 360 g/mol. The van der Waals surface area contributed by atoms with Gasteiger partial charge < -0.3 is 19.6 Å². The fourth-order valence-electron chi connectivity index (χ4n) is 3.17. The minimum atomic E-state index is 0.197. The van der Waals surface area contributed by atoms with Crippen molar-refractivity contribution in [2.24, 2.45) is 0 Å². The van der Waals surface area contributed by atoms with E-state index in [2.05, 4.69) is 28.9 Å². The first kappa shape index (κ1) is 19.6. The third-order valence-electron chi connectivity index (χ3n) is 4.55. The van der Waals surface area contributed by atoms with Gasteiger partial charge in [-0.1, -0.05) is 6.07 Å². The second-order valence-electron chi connectivity index (χ2n) is 6.65. The van der Waals surface area contributed by atoms with Gasteiger partial charge in [0.1, 0.15) is 5.58 Å². The second-order valence-corrected chi connectivity index (χ2v) is 7.16. The zero-order valence-electron chi connectivity index (χ0n) is 15.7. The van der Waals surface area contributed by atoms with E-state index in [-0.39, 0.29) is 5.75 Å². The number of fused-ring (bicyclic) bond motifs is 1. The number of nitrogens with one attached hydrogen (secondary N) is 1. The molecule has 1 aromatic heterocycles. The van der Waals surface area contributed by atoms with Gasteiger partial charge in [0.05, 0.1) is 13.4 Å². The number of benzene rings is 2. The number of nitrogens with zero attached hydrogens (tertiary/aromatic N) is 1. The van der Waals surface area contributed by atoms with Crippen molar-refractivity contribution >= 4 is 23.6 Å². The van der Waals surface area contributed by atoms with Crippen LogP contribution in [0.4, 0.5) is 0 Å². The Morgan fingerprint density at radius 2 is 1.96 bits per heavy atom. The average Bonchev–Trinajstić information content (AvgIpc) is 3.12. The van der Waals surface area contributed by atoms with Gasteiger partial charge in [0.25, 0.3) is 0 Å². The predicted octanol–water partition coefficient (Wildman–Crippen LogP) is 3.84. The van der Waals surface area contributed by atoms with E-state index < -0.39 is 0 Å². The SMILES string of the molecule is COc1ccc(C)cc1O.Sc1cc(CN2CCNCC2)c2occc2c1. The highest BCUT2D eigenvalue weighted by Gasteiger charge is 2.13. The maximum Gasteiger partial charge on any atom is 0.160 e. The number of aryl methyl sites for hydroxylation is 1. The molecule has 0 atom stereocenters. The van der Waals surface area contributed by atoms with Gasteiger partial charge >= 0.3 is 0 Å². The molecule has 27 heavy (non-hydrogen) atoms. The molecule has 1 fully saturated rings. The van der Waals surface area contributed by atoms with Crippen LogP contribution in [0.3, 0.4) is 0 Å². The zero-order valence-corrected chi connectivity index (χ0v) is 16.6. The molecule has 0 aliphatic carbocycles. The van der Waals surface area contributed by atoms with Crippen LogP contribution in [-0.2, 0) is 6.54 Å². The number of rotatable bonds is 3. The van der Waals surface area contributed by atoms with E-state index in [1.165, 1.54) is 12.7 Å². The standard InChI is InChI=1S/C13H16N2OS.C8H10O2/c17-12-7-10-1-6-16-13(10)11(8-12)9-15-4-2-14-3-5-15;1-6-3-4-8(10-2)7(9)5-6/h1,6-8,14,17H,2-5,9H2;3-5,9H,1-2H3. The van der Waals surface area contributed by atoms with Gasteiger partial charge in [0, 0.05) is 48.6 Å². The maximum atomic E-state index is 9.17. The maximum absolute atomic E-state index is 9.17. The second kappa shape index (κ2) is 9.17. The molecule has 0 amide bonds. The van der Waals surface area contributed by atoms with Gasteiger partial charge in [0.2, 0.25) is 0 Å². The summed E-state index contributed by atoms with van der Waals surface area (Å²) in [6.07, 6.45) is 1.75. The highest BCUT2D eigenvalue weighted by Crippen LogP contribution is 2.26. The van der Waals surface area contributed by atoms with Crippen LogP contribution in [0, 0.1) is 6.92 Å². The molecule has 1 aliphatic rings. The van der Waals surface area contributed by atoms with E-state index in [9.17, 15) is 0 Å². The number of phenolic OH excluding ortho intramolecular Hbond substituents is 1. The lowest BCUT2D eigenvalue weighted by Gasteiger charge is -2.27. The number of ether oxygens (including phenoxy) is 1. The molecule has 144 valence electrons. The number of furan rings is 1. The van der Waals surface area contributed by atoms with Crippen molar-refractivity contribution in [3.05, 3.63) is 53.8 Å². The van der Waals surface area contributed by atoms with Gasteiger partial charge in [-0.15, -0.1) is 12.6 Å². The molecule has 4 rings (SSSR count). The van der Waals surface area contributed by atoms with Crippen LogP contribution in [0.25, 0.3) is 11.0 Å². The molecule has 1 saturated heterocycles. The summed E-state index contributed by atoms with van der Waals surface area (Å²) in [4.78, 5) is 3.45. The van der Waals surface area contributed by atoms with E-state index >= 15 is 0 Å². The molecular formula is C21H26N2O3S. The molecule has 0 spiro atoms. The minimum Gasteiger partial charge on any atom is -0.504 e. The van der Waals surface area contributed by atoms with Gasteiger partial charge in [-0.2, -0.15) is 0 Å². The number of methoxy groups -OCH3 is 1. The van der Waals surface area contributed by atoms with Gasteiger partial charge in [0.15, 0.2) is 11.5 Å². The first-order valence-corrected chi connectivity index (χ1v) is 9.47. The van der Waals surface area contributed by atoms with E-state index in [1.807, 2.05) is 25.1 Å². The van der Waals surface area contributed by atoms with Crippen molar-refractivity contribution in [1.29, 1.82) is 0 Å². The van der Waals surface area contributed by atoms with Crippen molar-refractivity contribution in [2.75, 3.05) is 33.3 Å². The lowest BCUT2D eigenvalue weighted by Crippen LogP contribution is -2.42. The smallest absolute Gasteiger partial charge is 0.160 e. The van der Waals surface area contributed by atoms with Gasteiger partial charge in [-0.25, -0.2) is 0 Å². The molecule has 3 aromatic rings. The number of phenols is 1. The van der Waals surface area contributed by atoms with E-state index in [1.54, 1.807) is 18.4 Å². The fraction of sp³-hybridized carbons (Fsp3) is 0.333. The lowest BCUT2D eigenvalue weighted by atomic mass is 10.1. The summed E-state index contributed by atoms with van der Waals surface area (Å²) in [5.74, 6) is 0.716. The summed E-state index contributed by atoms with van der Waals surface area (Å²) in [5, 5.41) is 13.7. The van der Waals surface area contributed by atoms with E-state index in [0.29, 0.717) is 5.75 Å². The zero-order chi connectivity index (χ0) is 19.2. The van der Waals surface area contributed by atoms with Crippen LogP contribution < -0.4 is 10.1 Å². The Hall–Kier alpha value is -2.15. The molecule has 2 aromatic carbocycles. The van der Waals surface area contributed by atoms with E-state index in [0.717, 1.165) is 54.2 Å². The van der Waals surface area contributed by atoms with Crippen LogP contribution in [0.1, 0.15) is 11.1 Å². The highest BCUT2D eigenvalue weighted by molar-refractivity contribution is 7.80. The monoisotopic (exact) mass is 386 g/mol. The van der Waals surface area contributed by atoms with Crippen molar-refractivity contribution < 1.29 is 14.3 Å². The summed E-state index contributed by atoms with van der Waals surface area (Å²) < 4.78 is 10.4. The van der Waals surface area contributed by atoms with Gasteiger partial charge in [-0.05, 0) is 42.8 Å². The summed E-state index contributed by atoms with van der Waals surface area (Å²) in [5.41, 5.74) is 3.26. The number of aromatic hydroxyl groups is 1. The number of hydrogen-bond acceptors (Lipinski definition) is 6. The Morgan fingerprint density at radius 1 is 1.19 bits per heavy atom. The Balaban J connectivity index is 0.000000180. The number of piperazine rings is 1. The van der Waals surface area contributed by atoms with Gasteiger partial charge in [-0.3, -0.25) is 4.90 Å². The minimum absolute atomic E-state index is 0.197. The van der Waals surface area contributed by atoms with Crippen LogP contribution >= 0.6 is 12.6 Å². The third-order valence-corrected chi connectivity index (χ3v) is 4.81. The van der Waals surface area contributed by atoms with Crippen molar-refractivity contribution in [3.8, 4) is 11.5 Å². The first-order chi connectivity index (χ1) is 13.1. The number of thiol groups is 1. The average molecular weight is 387 g/mol. The molecule has 1 aliphatic heterocycles. The summed E-state index contributed by atoms with van der Waals surface area (Å²) in [6, 6.07) is 11.4. The summed E-state index contributed by atoms with van der Waals surface area (Å²) in [7, 11) is 1.53. The Labute approximate surface area is 165 Å². The normalized spacial score (nSPS) is 14.6. The molecule has 5 nitrogen and oxygen atoms in total. The first-order valence-electron chi connectivity index (χ1n) is 9.02. The van der Waals surface area contributed by atoms with Crippen molar-refractivity contribution in [3.63, 3.8) is 0 Å². The number of hydrogen-bond donors (Lipinski definition) is 3. The molecule has 2 N–H and O–H groups in total. The molecule has 0 radical (unpaired) electrons. The molecule has 6 heteroatoms. The Morgan fingerprint density at radius 3 is 2.67 bits per heavy atom. The Kier molecular flexibility index (Phi) is 6.66. The van der Waals surface area contributed by atoms with Crippen molar-refractivity contribution in [1.82, 2.24) is 10.2 Å². The Bertz CT molecular complexity index is 888. The van der Waals surface area contributed by atoms with E-state index in [4.69, 9.17) is 14.3 Å². The molecule has 0 saturated carbocycles. The van der Waals surface area contributed by atoms with Crippen LogP contribution in [0.5, 0.6) is 11.5 Å². The lowest BCUT2D eigenvalue weighted by molar-refractivity contribution is 0.233. The van der Waals surface area contributed by atoms with Crippen LogP contribution in [0.2, 0.25) is 0 Å². The summed E-state index contributed by atoms with van der Waals surface area (Å²) in [6.45, 7) is 7.20. The molecule has 0 unspecified atom stereocenters. The van der Waals surface area contributed by atoms with Crippen LogP contribution in [-0.4, -0.2) is 43.3 Å². The predicted molar refractivity (Wildman–Crippen MR) is 111 cm³/mol. The van der Waals surface area contributed by atoms with Crippen LogP contribution in [0.15, 0.2) is 52.0 Å². The quantitative estimate of drug-likeness (QED) is 0.597. The largest absolute Gasteiger partial charge is 0.504 e. The van der Waals surface area contributed by atoms with Crippen molar-refractivity contribution in [2.45, 2.75) is 18.4 Å². The topological polar surface area (TPSA) is 57.9 Å². The highest BCUT2D eigenvalue weighted by atomic mass is 32.1. The fourth-order valence-corrected chi connectivity index (χ4v) is 3.46. The summed E-state index contributed by atoms with van der Waals surface area (Å²) >= 11 is 4.45. The molecule has 2 heterocycles.